The first-order chi connectivity index (χ1) is 9.45. The highest BCUT2D eigenvalue weighted by molar-refractivity contribution is 7.89. The standard InChI is InChI=1S/C14H21FN2O3S/c1-13(2)8-17(9-14(3,4)20-13)21(18,19)12-10(15)6-5-7-11(12)16/h5-7H,8-9,16H2,1-4H3. The molecule has 1 saturated heterocycles. The Balaban J connectivity index is 2.49. The number of hydrogen-bond acceptors (Lipinski definition) is 4. The topological polar surface area (TPSA) is 72.6 Å². The summed E-state index contributed by atoms with van der Waals surface area (Å²) in [4.78, 5) is -0.460. The van der Waals surface area contributed by atoms with E-state index in [0.29, 0.717) is 0 Å². The van der Waals surface area contributed by atoms with E-state index in [4.69, 9.17) is 10.5 Å². The molecule has 0 unspecified atom stereocenters. The minimum atomic E-state index is -4.01. The summed E-state index contributed by atoms with van der Waals surface area (Å²) in [6.45, 7) is 7.52. The van der Waals surface area contributed by atoms with Gasteiger partial charge in [0.05, 0.1) is 16.9 Å². The van der Waals surface area contributed by atoms with Gasteiger partial charge in [-0.25, -0.2) is 12.8 Å². The van der Waals surface area contributed by atoms with Gasteiger partial charge < -0.3 is 10.5 Å². The van der Waals surface area contributed by atoms with Crippen LogP contribution in [0.2, 0.25) is 0 Å². The first-order valence-electron chi connectivity index (χ1n) is 6.69. The van der Waals surface area contributed by atoms with Crippen LogP contribution in [0.3, 0.4) is 0 Å². The Hall–Kier alpha value is -1.18. The van der Waals surface area contributed by atoms with E-state index in [2.05, 4.69) is 0 Å². The molecule has 1 aliphatic rings. The molecule has 0 bridgehead atoms. The summed E-state index contributed by atoms with van der Waals surface area (Å²) in [5.41, 5.74) is 4.27. The molecule has 0 atom stereocenters. The molecule has 1 heterocycles. The van der Waals surface area contributed by atoms with Gasteiger partial charge >= 0.3 is 0 Å². The lowest BCUT2D eigenvalue weighted by molar-refractivity contribution is -0.163. The summed E-state index contributed by atoms with van der Waals surface area (Å²) in [7, 11) is -4.01. The predicted molar refractivity (Wildman–Crippen MR) is 78.8 cm³/mol. The molecule has 0 aliphatic carbocycles. The van der Waals surface area contributed by atoms with Crippen molar-refractivity contribution in [3.05, 3.63) is 24.0 Å². The van der Waals surface area contributed by atoms with Crippen molar-refractivity contribution >= 4 is 15.7 Å². The maximum Gasteiger partial charge on any atom is 0.248 e. The molecule has 2 N–H and O–H groups in total. The molecular formula is C14H21FN2O3S. The Morgan fingerprint density at radius 1 is 1.19 bits per heavy atom. The Morgan fingerprint density at radius 3 is 2.19 bits per heavy atom. The third-order valence-corrected chi connectivity index (χ3v) is 5.15. The highest BCUT2D eigenvalue weighted by atomic mass is 32.2. The van der Waals surface area contributed by atoms with E-state index in [1.807, 2.05) is 0 Å². The van der Waals surface area contributed by atoms with Crippen LogP contribution in [0, 0.1) is 5.82 Å². The van der Waals surface area contributed by atoms with Gasteiger partial charge in [-0.2, -0.15) is 4.31 Å². The second-order valence-corrected chi connectivity index (χ2v) is 8.43. The van der Waals surface area contributed by atoms with Crippen LogP contribution >= 0.6 is 0 Å². The van der Waals surface area contributed by atoms with Gasteiger partial charge in [0.2, 0.25) is 10.0 Å². The fraction of sp³-hybridized carbons (Fsp3) is 0.571. The van der Waals surface area contributed by atoms with Crippen LogP contribution in [-0.2, 0) is 14.8 Å². The van der Waals surface area contributed by atoms with E-state index in [-0.39, 0.29) is 18.8 Å². The Morgan fingerprint density at radius 2 is 1.71 bits per heavy atom. The van der Waals surface area contributed by atoms with Crippen molar-refractivity contribution in [3.8, 4) is 0 Å². The van der Waals surface area contributed by atoms with Crippen LogP contribution in [0.25, 0.3) is 0 Å². The predicted octanol–water partition coefficient (Wildman–Crippen LogP) is 1.99. The molecule has 1 aromatic rings. The summed E-state index contributed by atoms with van der Waals surface area (Å²) >= 11 is 0. The van der Waals surface area contributed by atoms with Crippen molar-refractivity contribution in [1.82, 2.24) is 4.31 Å². The molecule has 1 aromatic carbocycles. The third-order valence-electron chi connectivity index (χ3n) is 3.26. The molecule has 118 valence electrons. The van der Waals surface area contributed by atoms with E-state index in [1.54, 1.807) is 27.7 Å². The molecule has 0 saturated carbocycles. The van der Waals surface area contributed by atoms with Gasteiger partial charge in [-0.3, -0.25) is 0 Å². The molecular weight excluding hydrogens is 295 g/mol. The number of morpholine rings is 1. The normalized spacial score (nSPS) is 22.1. The van der Waals surface area contributed by atoms with Gasteiger partial charge in [-0.1, -0.05) is 6.07 Å². The SMILES string of the molecule is CC1(C)CN(S(=O)(=O)c2c(N)cccc2F)CC(C)(C)O1. The molecule has 21 heavy (non-hydrogen) atoms. The largest absolute Gasteiger partial charge is 0.398 e. The van der Waals surface area contributed by atoms with Crippen LogP contribution in [0.1, 0.15) is 27.7 Å². The van der Waals surface area contributed by atoms with Crippen LogP contribution in [0.4, 0.5) is 10.1 Å². The van der Waals surface area contributed by atoms with Crippen molar-refractivity contribution in [3.63, 3.8) is 0 Å². The second kappa shape index (κ2) is 4.93. The van der Waals surface area contributed by atoms with Gasteiger partial charge in [0.25, 0.3) is 0 Å². The number of benzene rings is 1. The number of rotatable bonds is 2. The second-order valence-electron chi connectivity index (χ2n) is 6.55. The van der Waals surface area contributed by atoms with E-state index in [1.165, 1.54) is 16.4 Å². The zero-order valence-corrected chi connectivity index (χ0v) is 13.5. The highest BCUT2D eigenvalue weighted by Gasteiger charge is 2.44. The maximum absolute atomic E-state index is 14.0. The van der Waals surface area contributed by atoms with Gasteiger partial charge in [0, 0.05) is 13.1 Å². The zero-order chi connectivity index (χ0) is 16.1. The number of ether oxygens (including phenoxy) is 1. The monoisotopic (exact) mass is 316 g/mol. The smallest absolute Gasteiger partial charge is 0.248 e. The zero-order valence-electron chi connectivity index (χ0n) is 12.7. The molecule has 0 radical (unpaired) electrons. The van der Waals surface area contributed by atoms with Crippen LogP contribution in [0.5, 0.6) is 0 Å². The van der Waals surface area contributed by atoms with Crippen LogP contribution in [-0.4, -0.2) is 37.0 Å². The van der Waals surface area contributed by atoms with E-state index < -0.39 is 31.9 Å². The molecule has 1 aliphatic heterocycles. The molecule has 0 aromatic heterocycles. The Bertz CT molecular complexity index is 620. The average Bonchev–Trinajstić information content (AvgIpc) is 2.23. The number of nitrogens with zero attached hydrogens (tertiary/aromatic N) is 1. The fourth-order valence-corrected chi connectivity index (χ4v) is 4.71. The lowest BCUT2D eigenvalue weighted by Crippen LogP contribution is -2.58. The lowest BCUT2D eigenvalue weighted by Gasteiger charge is -2.46. The van der Waals surface area contributed by atoms with Gasteiger partial charge in [-0.15, -0.1) is 0 Å². The minimum absolute atomic E-state index is 0.0860. The van der Waals surface area contributed by atoms with E-state index >= 15 is 0 Å². The number of halogens is 1. The number of nitrogens with two attached hydrogens (primary N) is 1. The van der Waals surface area contributed by atoms with Gasteiger partial charge in [-0.05, 0) is 39.8 Å². The minimum Gasteiger partial charge on any atom is -0.398 e. The summed E-state index contributed by atoms with van der Waals surface area (Å²) in [6.07, 6.45) is 0. The summed E-state index contributed by atoms with van der Waals surface area (Å²) in [6, 6.07) is 3.86. The summed E-state index contributed by atoms with van der Waals surface area (Å²) in [5.74, 6) is -0.836. The Labute approximate surface area is 124 Å². The highest BCUT2D eigenvalue weighted by Crippen LogP contribution is 2.33. The molecule has 2 rings (SSSR count). The first-order valence-corrected chi connectivity index (χ1v) is 8.13. The third kappa shape index (κ3) is 3.20. The van der Waals surface area contributed by atoms with E-state index in [9.17, 15) is 12.8 Å². The average molecular weight is 316 g/mol. The summed E-state index contributed by atoms with van der Waals surface area (Å²) in [5, 5.41) is 0. The molecule has 0 amide bonds. The number of hydrogen-bond donors (Lipinski definition) is 1. The number of nitrogen functional groups attached to an aromatic ring is 1. The summed E-state index contributed by atoms with van der Waals surface area (Å²) < 4.78 is 46.6. The van der Waals surface area contributed by atoms with Crippen molar-refractivity contribution in [2.75, 3.05) is 18.8 Å². The molecule has 7 heteroatoms. The van der Waals surface area contributed by atoms with Crippen molar-refractivity contribution in [2.24, 2.45) is 0 Å². The number of sulfonamides is 1. The fourth-order valence-electron chi connectivity index (χ4n) is 2.81. The quantitative estimate of drug-likeness (QED) is 0.847. The Kier molecular flexibility index (Phi) is 3.80. The van der Waals surface area contributed by atoms with Gasteiger partial charge in [0.15, 0.2) is 0 Å². The molecule has 5 nitrogen and oxygen atoms in total. The molecule has 1 fully saturated rings. The van der Waals surface area contributed by atoms with Crippen LogP contribution in [0.15, 0.2) is 23.1 Å². The first kappa shape index (κ1) is 16.2. The van der Waals surface area contributed by atoms with Crippen LogP contribution < -0.4 is 5.73 Å². The lowest BCUT2D eigenvalue weighted by atomic mass is 10.0. The van der Waals surface area contributed by atoms with Gasteiger partial charge in [0.1, 0.15) is 10.7 Å². The molecule has 0 spiro atoms. The number of anilines is 1. The van der Waals surface area contributed by atoms with Crippen molar-refractivity contribution in [2.45, 2.75) is 43.8 Å². The van der Waals surface area contributed by atoms with Crippen molar-refractivity contribution < 1.29 is 17.5 Å². The maximum atomic E-state index is 14.0. The van der Waals surface area contributed by atoms with Crippen molar-refractivity contribution in [1.29, 1.82) is 0 Å². The van der Waals surface area contributed by atoms with E-state index in [0.717, 1.165) is 6.07 Å².